The van der Waals surface area contributed by atoms with Gasteiger partial charge in [-0.25, -0.2) is 9.18 Å². The van der Waals surface area contributed by atoms with Crippen LogP contribution in [0.3, 0.4) is 0 Å². The van der Waals surface area contributed by atoms with Gasteiger partial charge < -0.3 is 15.4 Å². The summed E-state index contributed by atoms with van der Waals surface area (Å²) in [7, 11) is 0. The highest BCUT2D eigenvalue weighted by Gasteiger charge is 2.25. The normalized spacial score (nSPS) is 12.4. The Labute approximate surface area is 127 Å². The Balaban J connectivity index is 2.93. The van der Waals surface area contributed by atoms with E-state index < -0.39 is 30.4 Å². The summed E-state index contributed by atoms with van der Waals surface area (Å²) in [5.41, 5.74) is -0.279. The number of hydrogen-bond acceptors (Lipinski definition) is 3. The Morgan fingerprint density at radius 2 is 2.05 bits per heavy atom. The second-order valence-electron chi connectivity index (χ2n) is 5.31. The molecule has 5 nitrogen and oxygen atoms in total. The molecule has 1 aromatic rings. The van der Waals surface area contributed by atoms with Crippen molar-refractivity contribution < 1.29 is 18.7 Å². The van der Waals surface area contributed by atoms with E-state index in [4.69, 9.17) is 16.3 Å². The molecule has 1 atom stereocenters. The Hall–Kier alpha value is -1.82. The van der Waals surface area contributed by atoms with Crippen LogP contribution in [-0.2, 0) is 9.53 Å². The molecular formula is C14H18ClFN2O3. The summed E-state index contributed by atoms with van der Waals surface area (Å²) >= 11 is 5.86. The highest BCUT2D eigenvalue weighted by molar-refractivity contribution is 6.30. The van der Waals surface area contributed by atoms with Crippen molar-refractivity contribution in [2.75, 3.05) is 6.80 Å². The Morgan fingerprint density at radius 1 is 1.38 bits per heavy atom. The van der Waals surface area contributed by atoms with Gasteiger partial charge in [0.05, 0.1) is 0 Å². The minimum Gasteiger partial charge on any atom is -0.444 e. The fourth-order valence-electron chi connectivity index (χ4n) is 1.58. The summed E-state index contributed by atoms with van der Waals surface area (Å²) < 4.78 is 17.4. The van der Waals surface area contributed by atoms with E-state index in [1.807, 2.05) is 5.32 Å². The van der Waals surface area contributed by atoms with Crippen LogP contribution < -0.4 is 10.6 Å². The number of halogens is 2. The van der Waals surface area contributed by atoms with E-state index >= 15 is 0 Å². The third kappa shape index (κ3) is 5.99. The third-order valence-electron chi connectivity index (χ3n) is 2.35. The number of alkyl carbamates (subject to hydrolysis) is 1. The van der Waals surface area contributed by atoms with Gasteiger partial charge in [0.15, 0.2) is 6.80 Å². The maximum atomic E-state index is 12.3. The fourth-order valence-corrected chi connectivity index (χ4v) is 1.78. The number of benzene rings is 1. The molecule has 0 fully saturated rings. The van der Waals surface area contributed by atoms with Gasteiger partial charge in [0.25, 0.3) is 0 Å². The lowest BCUT2D eigenvalue weighted by Gasteiger charge is -2.23. The van der Waals surface area contributed by atoms with E-state index in [2.05, 4.69) is 5.32 Å². The van der Waals surface area contributed by atoms with Crippen LogP contribution in [0.1, 0.15) is 32.4 Å². The molecule has 2 N–H and O–H groups in total. The first kappa shape index (κ1) is 17.2. The molecule has 0 spiro atoms. The molecule has 0 radical (unpaired) electrons. The molecule has 0 aromatic heterocycles. The largest absolute Gasteiger partial charge is 0.444 e. The van der Waals surface area contributed by atoms with Gasteiger partial charge in [-0.05, 0) is 38.5 Å². The van der Waals surface area contributed by atoms with Crippen LogP contribution in [0, 0.1) is 0 Å². The average Bonchev–Trinajstić information content (AvgIpc) is 2.34. The van der Waals surface area contributed by atoms with Gasteiger partial charge in [-0.3, -0.25) is 4.79 Å². The zero-order chi connectivity index (χ0) is 16.0. The molecule has 0 heterocycles. The number of alkyl halides is 1. The number of ether oxygens (including phenoxy) is 1. The van der Waals surface area contributed by atoms with Crippen molar-refractivity contribution in [3.8, 4) is 0 Å². The lowest BCUT2D eigenvalue weighted by atomic mass is 10.1. The van der Waals surface area contributed by atoms with Gasteiger partial charge in [0.1, 0.15) is 11.6 Å². The summed E-state index contributed by atoms with van der Waals surface area (Å²) in [5, 5.41) is 4.82. The van der Waals surface area contributed by atoms with Gasteiger partial charge in [-0.15, -0.1) is 0 Å². The summed E-state index contributed by atoms with van der Waals surface area (Å²) in [5.74, 6) is -0.689. The topological polar surface area (TPSA) is 67.4 Å². The molecule has 0 aliphatic carbocycles. The number of rotatable bonds is 4. The van der Waals surface area contributed by atoms with Crippen LogP contribution in [0.25, 0.3) is 0 Å². The van der Waals surface area contributed by atoms with Gasteiger partial charge in [-0.2, -0.15) is 0 Å². The van der Waals surface area contributed by atoms with Gasteiger partial charge in [0.2, 0.25) is 5.91 Å². The number of amides is 2. The van der Waals surface area contributed by atoms with Gasteiger partial charge in [0, 0.05) is 5.02 Å². The molecule has 0 bridgehead atoms. The number of nitrogens with one attached hydrogen (secondary N) is 2. The van der Waals surface area contributed by atoms with E-state index in [0.29, 0.717) is 10.6 Å². The first-order valence-electron chi connectivity index (χ1n) is 6.31. The molecule has 1 unspecified atom stereocenters. The monoisotopic (exact) mass is 316 g/mol. The quantitative estimate of drug-likeness (QED) is 0.839. The van der Waals surface area contributed by atoms with Crippen molar-refractivity contribution in [2.45, 2.75) is 32.4 Å². The second kappa shape index (κ2) is 7.26. The highest BCUT2D eigenvalue weighted by atomic mass is 35.5. The molecule has 1 rings (SSSR count). The zero-order valence-electron chi connectivity index (χ0n) is 12.1. The third-order valence-corrected chi connectivity index (χ3v) is 2.58. The van der Waals surface area contributed by atoms with Crippen LogP contribution in [0.2, 0.25) is 5.02 Å². The fraction of sp³-hybridized carbons (Fsp3) is 0.429. The van der Waals surface area contributed by atoms with Crippen molar-refractivity contribution in [1.82, 2.24) is 10.6 Å². The minimum absolute atomic E-state index is 0.400. The average molecular weight is 317 g/mol. The number of carbonyl (C=O) groups excluding carboxylic acids is 2. The van der Waals surface area contributed by atoms with Crippen LogP contribution in [0.4, 0.5) is 9.18 Å². The Morgan fingerprint density at radius 3 is 2.57 bits per heavy atom. The molecule has 0 saturated heterocycles. The predicted molar refractivity (Wildman–Crippen MR) is 77.7 cm³/mol. The molecule has 1 aromatic carbocycles. The summed E-state index contributed by atoms with van der Waals surface area (Å²) in [4.78, 5) is 23.7. The first-order chi connectivity index (χ1) is 9.73. The molecule has 21 heavy (non-hydrogen) atoms. The van der Waals surface area contributed by atoms with Gasteiger partial charge in [-0.1, -0.05) is 23.7 Å². The summed E-state index contributed by atoms with van der Waals surface area (Å²) in [6, 6.07) is 5.29. The maximum absolute atomic E-state index is 12.3. The maximum Gasteiger partial charge on any atom is 0.408 e. The van der Waals surface area contributed by atoms with Crippen molar-refractivity contribution in [3.63, 3.8) is 0 Å². The number of carbonyl (C=O) groups is 2. The van der Waals surface area contributed by atoms with E-state index in [1.165, 1.54) is 6.07 Å². The van der Waals surface area contributed by atoms with E-state index in [1.54, 1.807) is 39.0 Å². The van der Waals surface area contributed by atoms with Crippen LogP contribution >= 0.6 is 11.6 Å². The zero-order valence-corrected chi connectivity index (χ0v) is 12.8. The standard InChI is InChI=1S/C14H18ClFN2O3/c1-14(2,3)21-13(20)18-11(12(19)17-8-16)9-5-4-6-10(15)7-9/h4-7,11H,8H2,1-3H3,(H,17,19)(H,18,20). The number of hydrogen-bond donors (Lipinski definition) is 2. The lowest BCUT2D eigenvalue weighted by molar-refractivity contribution is -0.123. The van der Waals surface area contributed by atoms with Crippen LogP contribution in [0.5, 0.6) is 0 Å². The first-order valence-corrected chi connectivity index (χ1v) is 6.69. The van der Waals surface area contributed by atoms with E-state index in [9.17, 15) is 14.0 Å². The van der Waals surface area contributed by atoms with E-state index in [-0.39, 0.29) is 0 Å². The smallest absolute Gasteiger partial charge is 0.408 e. The molecule has 2 amide bonds. The minimum atomic E-state index is -1.09. The lowest BCUT2D eigenvalue weighted by Crippen LogP contribution is -2.42. The highest BCUT2D eigenvalue weighted by Crippen LogP contribution is 2.19. The summed E-state index contributed by atoms with van der Waals surface area (Å²) in [6.45, 7) is 4.06. The molecular weight excluding hydrogens is 299 g/mol. The van der Waals surface area contributed by atoms with Crippen molar-refractivity contribution >= 4 is 23.6 Å². The molecule has 0 aliphatic heterocycles. The predicted octanol–water partition coefficient (Wildman–Crippen LogP) is 2.95. The van der Waals surface area contributed by atoms with Crippen molar-refractivity contribution in [3.05, 3.63) is 34.9 Å². The van der Waals surface area contributed by atoms with Crippen LogP contribution in [0.15, 0.2) is 24.3 Å². The molecule has 7 heteroatoms. The molecule has 0 aliphatic rings. The summed E-state index contributed by atoms with van der Waals surface area (Å²) in [6.07, 6.45) is -0.776. The Bertz CT molecular complexity index is 517. The molecule has 0 saturated carbocycles. The molecule has 116 valence electrons. The van der Waals surface area contributed by atoms with E-state index in [0.717, 1.165) is 0 Å². The Kier molecular flexibility index (Phi) is 5.96. The van der Waals surface area contributed by atoms with Gasteiger partial charge >= 0.3 is 6.09 Å². The van der Waals surface area contributed by atoms with Crippen LogP contribution in [-0.4, -0.2) is 24.4 Å². The SMILES string of the molecule is CC(C)(C)OC(=O)NC(C(=O)NCF)c1cccc(Cl)c1. The van der Waals surface area contributed by atoms with Crippen molar-refractivity contribution in [1.29, 1.82) is 0 Å². The second-order valence-corrected chi connectivity index (χ2v) is 5.75. The van der Waals surface area contributed by atoms with Crippen molar-refractivity contribution in [2.24, 2.45) is 0 Å².